The van der Waals surface area contributed by atoms with Crippen LogP contribution in [0.1, 0.15) is 16.7 Å². The Hall–Kier alpha value is -2.33. The molecule has 0 atom stereocenters. The lowest BCUT2D eigenvalue weighted by Crippen LogP contribution is -2.10. The van der Waals surface area contributed by atoms with Crippen LogP contribution in [0.4, 0.5) is 0 Å². The van der Waals surface area contributed by atoms with E-state index in [0.717, 1.165) is 28.9 Å². The van der Waals surface area contributed by atoms with Crippen LogP contribution in [0, 0.1) is 5.41 Å². The first-order chi connectivity index (χ1) is 9.69. The summed E-state index contributed by atoms with van der Waals surface area (Å²) in [6.07, 6.45) is 0.816. The molecule has 4 nitrogen and oxygen atoms in total. The molecule has 104 valence electrons. The molecule has 0 saturated carbocycles. The monoisotopic (exact) mass is 269 g/mol. The Balaban J connectivity index is 1.84. The molecule has 0 aromatic heterocycles. The van der Waals surface area contributed by atoms with Crippen LogP contribution in [-0.4, -0.2) is 12.4 Å². The molecule has 4 heteroatoms. The maximum absolute atomic E-state index is 7.33. The van der Waals surface area contributed by atoms with Gasteiger partial charge in [0.2, 0.25) is 0 Å². The van der Waals surface area contributed by atoms with E-state index in [4.69, 9.17) is 21.6 Å². The minimum atomic E-state index is 0.0905. The average Bonchev–Trinajstić information content (AvgIpc) is 2.48. The first kappa shape index (κ1) is 14.1. The molecule has 0 bridgehead atoms. The lowest BCUT2D eigenvalue weighted by Gasteiger charge is -2.07. The molecule has 0 aliphatic rings. The molecule has 0 unspecified atom stereocenters. The van der Waals surface area contributed by atoms with Crippen molar-refractivity contribution in [3.8, 4) is 5.75 Å². The Kier molecular flexibility index (Phi) is 4.74. The van der Waals surface area contributed by atoms with Gasteiger partial charge in [-0.1, -0.05) is 36.4 Å². The number of rotatable bonds is 6. The SMILES string of the molecule is N=C(N)c1ccc(CCOc2ccc(CN)cc2)cc1. The maximum Gasteiger partial charge on any atom is 0.122 e. The molecular formula is C16H19N3O. The van der Waals surface area contributed by atoms with Gasteiger partial charge in [-0.25, -0.2) is 0 Å². The Morgan fingerprint density at radius 1 is 0.950 bits per heavy atom. The molecule has 0 saturated heterocycles. The average molecular weight is 269 g/mol. The predicted octanol–water partition coefficient (Wildman–Crippen LogP) is 2.05. The fourth-order valence-corrected chi connectivity index (χ4v) is 1.86. The third kappa shape index (κ3) is 3.83. The maximum atomic E-state index is 7.33. The number of ether oxygens (including phenoxy) is 1. The highest BCUT2D eigenvalue weighted by molar-refractivity contribution is 5.94. The first-order valence-corrected chi connectivity index (χ1v) is 6.54. The van der Waals surface area contributed by atoms with Gasteiger partial charge in [0, 0.05) is 18.5 Å². The second-order valence-corrected chi connectivity index (χ2v) is 4.56. The number of benzene rings is 2. The van der Waals surface area contributed by atoms with E-state index in [-0.39, 0.29) is 5.84 Å². The van der Waals surface area contributed by atoms with Gasteiger partial charge < -0.3 is 16.2 Å². The molecule has 5 N–H and O–H groups in total. The summed E-state index contributed by atoms with van der Waals surface area (Å²) in [6, 6.07) is 15.5. The van der Waals surface area contributed by atoms with Crippen LogP contribution < -0.4 is 16.2 Å². The van der Waals surface area contributed by atoms with Gasteiger partial charge in [-0.3, -0.25) is 5.41 Å². The first-order valence-electron chi connectivity index (χ1n) is 6.54. The minimum absolute atomic E-state index is 0.0905. The van der Waals surface area contributed by atoms with Crippen LogP contribution in [0.25, 0.3) is 0 Å². The van der Waals surface area contributed by atoms with E-state index in [2.05, 4.69) is 0 Å². The van der Waals surface area contributed by atoms with Crippen molar-refractivity contribution in [3.05, 3.63) is 65.2 Å². The second kappa shape index (κ2) is 6.73. The smallest absolute Gasteiger partial charge is 0.122 e. The molecule has 0 amide bonds. The number of hydrogen-bond acceptors (Lipinski definition) is 3. The van der Waals surface area contributed by atoms with Gasteiger partial charge in [0.05, 0.1) is 6.61 Å². The summed E-state index contributed by atoms with van der Waals surface area (Å²) in [6.45, 7) is 1.16. The zero-order valence-electron chi connectivity index (χ0n) is 11.3. The highest BCUT2D eigenvalue weighted by Gasteiger charge is 1.99. The van der Waals surface area contributed by atoms with E-state index in [1.807, 2.05) is 48.5 Å². The Morgan fingerprint density at radius 2 is 1.55 bits per heavy atom. The van der Waals surface area contributed by atoms with E-state index in [1.54, 1.807) is 0 Å². The number of nitrogen functional groups attached to an aromatic ring is 1. The van der Waals surface area contributed by atoms with Gasteiger partial charge in [0.25, 0.3) is 0 Å². The van der Waals surface area contributed by atoms with Crippen LogP contribution in [0.3, 0.4) is 0 Å². The van der Waals surface area contributed by atoms with Crippen molar-refractivity contribution in [2.24, 2.45) is 11.5 Å². The Bertz CT molecular complexity index is 561. The second-order valence-electron chi connectivity index (χ2n) is 4.56. The summed E-state index contributed by atoms with van der Waals surface area (Å²) >= 11 is 0. The van der Waals surface area contributed by atoms with Gasteiger partial charge in [-0.2, -0.15) is 0 Å². The van der Waals surface area contributed by atoms with Crippen molar-refractivity contribution in [1.29, 1.82) is 5.41 Å². The fourth-order valence-electron chi connectivity index (χ4n) is 1.86. The van der Waals surface area contributed by atoms with E-state index in [1.165, 1.54) is 0 Å². The normalized spacial score (nSPS) is 10.2. The molecule has 0 aliphatic heterocycles. The summed E-state index contributed by atoms with van der Waals surface area (Å²) in [7, 11) is 0. The molecule has 20 heavy (non-hydrogen) atoms. The molecule has 2 aromatic carbocycles. The molecule has 0 fully saturated rings. The predicted molar refractivity (Wildman–Crippen MR) is 81.0 cm³/mol. The summed E-state index contributed by atoms with van der Waals surface area (Å²) in [4.78, 5) is 0. The van der Waals surface area contributed by atoms with Crippen LogP contribution in [0.2, 0.25) is 0 Å². The topological polar surface area (TPSA) is 85.1 Å². The zero-order chi connectivity index (χ0) is 14.4. The number of hydrogen-bond donors (Lipinski definition) is 3. The number of nitrogens with one attached hydrogen (secondary N) is 1. The number of nitrogens with two attached hydrogens (primary N) is 2. The molecule has 0 radical (unpaired) electrons. The third-order valence-corrected chi connectivity index (χ3v) is 3.08. The van der Waals surface area contributed by atoms with Crippen molar-refractivity contribution < 1.29 is 4.74 Å². The summed E-state index contributed by atoms with van der Waals surface area (Å²) in [5, 5.41) is 7.33. The van der Waals surface area contributed by atoms with Gasteiger partial charge in [-0.15, -0.1) is 0 Å². The minimum Gasteiger partial charge on any atom is -0.493 e. The largest absolute Gasteiger partial charge is 0.493 e. The van der Waals surface area contributed by atoms with Crippen LogP contribution in [-0.2, 0) is 13.0 Å². The van der Waals surface area contributed by atoms with E-state index >= 15 is 0 Å². The highest BCUT2D eigenvalue weighted by atomic mass is 16.5. The lowest BCUT2D eigenvalue weighted by atomic mass is 10.1. The zero-order valence-corrected chi connectivity index (χ0v) is 11.3. The van der Waals surface area contributed by atoms with Crippen molar-refractivity contribution >= 4 is 5.84 Å². The molecule has 2 aromatic rings. The van der Waals surface area contributed by atoms with Crippen LogP contribution in [0.15, 0.2) is 48.5 Å². The standard InChI is InChI=1S/C16H19N3O/c17-11-13-3-7-15(8-4-13)20-10-9-12-1-5-14(6-2-12)16(18)19/h1-8H,9-11,17H2,(H3,18,19). The molecule has 0 spiro atoms. The molecule has 0 aliphatic carbocycles. The molecule has 0 heterocycles. The van der Waals surface area contributed by atoms with Crippen molar-refractivity contribution in [2.75, 3.05) is 6.61 Å². The highest BCUT2D eigenvalue weighted by Crippen LogP contribution is 2.12. The van der Waals surface area contributed by atoms with E-state index < -0.39 is 0 Å². The summed E-state index contributed by atoms with van der Waals surface area (Å²) in [5.41, 5.74) is 14.0. The van der Waals surface area contributed by atoms with Crippen molar-refractivity contribution in [3.63, 3.8) is 0 Å². The summed E-state index contributed by atoms with van der Waals surface area (Å²) in [5.74, 6) is 0.940. The van der Waals surface area contributed by atoms with Gasteiger partial charge in [0.15, 0.2) is 0 Å². The lowest BCUT2D eigenvalue weighted by molar-refractivity contribution is 0.322. The Labute approximate surface area is 118 Å². The molecular weight excluding hydrogens is 250 g/mol. The van der Waals surface area contributed by atoms with Gasteiger partial charge >= 0.3 is 0 Å². The van der Waals surface area contributed by atoms with Gasteiger partial charge in [0.1, 0.15) is 11.6 Å². The third-order valence-electron chi connectivity index (χ3n) is 3.08. The van der Waals surface area contributed by atoms with Gasteiger partial charge in [-0.05, 0) is 23.3 Å². The Morgan fingerprint density at radius 3 is 2.10 bits per heavy atom. The van der Waals surface area contributed by atoms with Crippen molar-refractivity contribution in [1.82, 2.24) is 0 Å². The number of amidine groups is 1. The fraction of sp³-hybridized carbons (Fsp3) is 0.188. The van der Waals surface area contributed by atoms with E-state index in [0.29, 0.717) is 13.2 Å². The molecule has 2 rings (SSSR count). The van der Waals surface area contributed by atoms with Crippen LogP contribution >= 0.6 is 0 Å². The van der Waals surface area contributed by atoms with Crippen LogP contribution in [0.5, 0.6) is 5.75 Å². The quantitative estimate of drug-likeness (QED) is 0.554. The summed E-state index contributed by atoms with van der Waals surface area (Å²) < 4.78 is 5.68. The van der Waals surface area contributed by atoms with Crippen molar-refractivity contribution in [2.45, 2.75) is 13.0 Å². The van der Waals surface area contributed by atoms with E-state index in [9.17, 15) is 0 Å².